The molecule has 1 aromatic carbocycles. The molecule has 0 spiro atoms. The van der Waals surface area contributed by atoms with Gasteiger partial charge in [0.1, 0.15) is 0 Å². The SMILES string of the molecule is C1CCOC1.[I-].[I-].[V+2].c1cc[cH-]c1. The third-order valence-corrected chi connectivity index (χ3v) is 1.38. The van der Waals surface area contributed by atoms with E-state index in [-0.39, 0.29) is 66.5 Å². The van der Waals surface area contributed by atoms with Crippen molar-refractivity contribution < 1.29 is 71.2 Å². The molecule has 13 heavy (non-hydrogen) atoms. The van der Waals surface area contributed by atoms with Crippen molar-refractivity contribution in [3.05, 3.63) is 30.3 Å². The van der Waals surface area contributed by atoms with Gasteiger partial charge in [0, 0.05) is 13.2 Å². The molecule has 0 atom stereocenters. The first-order valence-corrected chi connectivity index (χ1v) is 3.74. The largest absolute Gasteiger partial charge is 2.00 e. The summed E-state index contributed by atoms with van der Waals surface area (Å²) in [4.78, 5) is 0. The molecule has 1 radical (unpaired) electrons. The van der Waals surface area contributed by atoms with E-state index in [1.807, 2.05) is 30.3 Å². The van der Waals surface area contributed by atoms with Crippen molar-refractivity contribution in [2.24, 2.45) is 0 Å². The van der Waals surface area contributed by atoms with Crippen LogP contribution in [0.4, 0.5) is 0 Å². The van der Waals surface area contributed by atoms with E-state index in [1.54, 1.807) is 0 Å². The molecule has 1 aliphatic heterocycles. The molecular formula is C9H13I2OV-. The first kappa shape index (κ1) is 19.9. The quantitative estimate of drug-likeness (QED) is 0.296. The minimum Gasteiger partial charge on any atom is -1.00 e. The van der Waals surface area contributed by atoms with Crippen molar-refractivity contribution in [2.75, 3.05) is 13.2 Å². The van der Waals surface area contributed by atoms with E-state index < -0.39 is 0 Å². The summed E-state index contributed by atoms with van der Waals surface area (Å²) >= 11 is 0. The number of hydrogen-bond acceptors (Lipinski definition) is 1. The molecule has 0 saturated carbocycles. The van der Waals surface area contributed by atoms with Crippen LogP contribution >= 0.6 is 0 Å². The normalized spacial score (nSPS) is 12.3. The molecule has 1 fully saturated rings. The Hall–Kier alpha value is 1.35. The summed E-state index contributed by atoms with van der Waals surface area (Å²) in [6, 6.07) is 10.0. The summed E-state index contributed by atoms with van der Waals surface area (Å²) < 4.78 is 4.94. The van der Waals surface area contributed by atoms with E-state index in [0.717, 1.165) is 13.2 Å². The fourth-order valence-corrected chi connectivity index (χ4v) is 0.831. The Morgan fingerprint density at radius 3 is 1.54 bits per heavy atom. The number of halogens is 2. The van der Waals surface area contributed by atoms with Crippen LogP contribution in [0.3, 0.4) is 0 Å². The van der Waals surface area contributed by atoms with Crippen molar-refractivity contribution in [3.63, 3.8) is 0 Å². The van der Waals surface area contributed by atoms with Gasteiger partial charge in [-0.15, -0.1) is 0 Å². The molecule has 1 saturated heterocycles. The van der Waals surface area contributed by atoms with Gasteiger partial charge in [-0.25, -0.2) is 12.1 Å². The average molecular weight is 442 g/mol. The Labute approximate surface area is 126 Å². The van der Waals surface area contributed by atoms with Crippen LogP contribution < -0.4 is 48.0 Å². The van der Waals surface area contributed by atoms with Gasteiger partial charge in [0.15, 0.2) is 0 Å². The zero-order chi connectivity index (χ0) is 7.07. The zero-order valence-electron chi connectivity index (χ0n) is 7.33. The van der Waals surface area contributed by atoms with Crippen LogP contribution in [0.25, 0.3) is 0 Å². The standard InChI is InChI=1S/C5H5.C4H8O.2HI.V/c2*1-2-4-5-3-1;;;/h1-5H;1-4H2;2*1H;/q-1;;;;+2/p-2. The van der Waals surface area contributed by atoms with Gasteiger partial charge in [0.05, 0.1) is 0 Å². The van der Waals surface area contributed by atoms with E-state index in [1.165, 1.54) is 12.8 Å². The van der Waals surface area contributed by atoms with Crippen LogP contribution in [-0.2, 0) is 23.3 Å². The van der Waals surface area contributed by atoms with Crippen molar-refractivity contribution in [1.29, 1.82) is 0 Å². The van der Waals surface area contributed by atoms with Gasteiger partial charge in [0.25, 0.3) is 0 Å². The van der Waals surface area contributed by atoms with Crippen molar-refractivity contribution in [2.45, 2.75) is 12.8 Å². The van der Waals surface area contributed by atoms with E-state index in [9.17, 15) is 0 Å². The molecule has 1 aromatic rings. The summed E-state index contributed by atoms with van der Waals surface area (Å²) in [6.45, 7) is 2.00. The van der Waals surface area contributed by atoms with Crippen LogP contribution in [0, 0.1) is 0 Å². The Kier molecular flexibility index (Phi) is 24.1. The summed E-state index contributed by atoms with van der Waals surface area (Å²) in [5, 5.41) is 0. The molecular weight excluding hydrogens is 429 g/mol. The summed E-state index contributed by atoms with van der Waals surface area (Å²) in [5.74, 6) is 0. The Balaban J connectivity index is -0.000000125. The monoisotopic (exact) mass is 442 g/mol. The smallest absolute Gasteiger partial charge is 1.00 e. The summed E-state index contributed by atoms with van der Waals surface area (Å²) in [6.07, 6.45) is 2.56. The molecule has 0 aliphatic carbocycles. The molecule has 0 N–H and O–H groups in total. The van der Waals surface area contributed by atoms with Gasteiger partial charge < -0.3 is 52.7 Å². The van der Waals surface area contributed by atoms with Gasteiger partial charge in [-0.05, 0) is 12.8 Å². The first-order valence-electron chi connectivity index (χ1n) is 3.74. The second-order valence-electron chi connectivity index (χ2n) is 2.28. The molecule has 1 nitrogen and oxygen atoms in total. The number of hydrogen-bond donors (Lipinski definition) is 0. The van der Waals surface area contributed by atoms with E-state index in [4.69, 9.17) is 4.74 Å². The van der Waals surface area contributed by atoms with Crippen molar-refractivity contribution >= 4 is 0 Å². The Morgan fingerprint density at radius 2 is 1.38 bits per heavy atom. The maximum Gasteiger partial charge on any atom is 2.00 e. The first-order chi connectivity index (χ1) is 5.00. The second kappa shape index (κ2) is 15.8. The van der Waals surface area contributed by atoms with Crippen LogP contribution in [-0.4, -0.2) is 13.2 Å². The zero-order valence-corrected chi connectivity index (χ0v) is 13.0. The third kappa shape index (κ3) is 13.4. The molecule has 4 heteroatoms. The maximum absolute atomic E-state index is 4.94. The van der Waals surface area contributed by atoms with Gasteiger partial charge >= 0.3 is 18.6 Å². The molecule has 2 rings (SSSR count). The molecule has 0 aromatic heterocycles. The average Bonchev–Trinajstić information content (AvgIpc) is 2.67. The summed E-state index contributed by atoms with van der Waals surface area (Å²) in [7, 11) is 0. The predicted molar refractivity (Wildman–Crippen MR) is 42.1 cm³/mol. The van der Waals surface area contributed by atoms with E-state index in [2.05, 4.69) is 0 Å². The predicted octanol–water partition coefficient (Wildman–Crippen LogP) is -3.79. The number of ether oxygens (including phenoxy) is 1. The van der Waals surface area contributed by atoms with E-state index in [0.29, 0.717) is 0 Å². The Morgan fingerprint density at radius 1 is 0.923 bits per heavy atom. The molecule has 1 aliphatic rings. The molecule has 75 valence electrons. The fraction of sp³-hybridized carbons (Fsp3) is 0.444. The third-order valence-electron chi connectivity index (χ3n) is 1.38. The van der Waals surface area contributed by atoms with Crippen LogP contribution in [0.2, 0.25) is 0 Å². The van der Waals surface area contributed by atoms with Crippen LogP contribution in [0.1, 0.15) is 12.8 Å². The van der Waals surface area contributed by atoms with Gasteiger partial charge in [-0.1, -0.05) is 0 Å². The molecule has 0 amide bonds. The van der Waals surface area contributed by atoms with Crippen molar-refractivity contribution in [1.82, 2.24) is 0 Å². The topological polar surface area (TPSA) is 9.23 Å². The minimum absolute atomic E-state index is 0. The van der Waals surface area contributed by atoms with Crippen LogP contribution in [0.15, 0.2) is 30.3 Å². The van der Waals surface area contributed by atoms with Crippen molar-refractivity contribution in [3.8, 4) is 0 Å². The van der Waals surface area contributed by atoms with Gasteiger partial charge in [-0.2, -0.15) is 18.2 Å². The molecule has 1 heterocycles. The fourth-order valence-electron chi connectivity index (χ4n) is 0.831. The number of rotatable bonds is 0. The maximum atomic E-state index is 4.94. The Bertz CT molecular complexity index is 117. The molecule has 0 unspecified atom stereocenters. The van der Waals surface area contributed by atoms with E-state index >= 15 is 0 Å². The summed E-state index contributed by atoms with van der Waals surface area (Å²) in [5.41, 5.74) is 0. The second-order valence-corrected chi connectivity index (χ2v) is 2.28. The van der Waals surface area contributed by atoms with Gasteiger partial charge in [-0.3, -0.25) is 0 Å². The van der Waals surface area contributed by atoms with Crippen LogP contribution in [0.5, 0.6) is 0 Å². The van der Waals surface area contributed by atoms with Gasteiger partial charge in [0.2, 0.25) is 0 Å². The molecule has 0 bridgehead atoms. The minimum atomic E-state index is 0.